The molecule has 2 heterocycles. The van der Waals surface area contributed by atoms with E-state index in [1.807, 2.05) is 19.1 Å². The number of benzene rings is 2. The summed E-state index contributed by atoms with van der Waals surface area (Å²) in [6.07, 6.45) is 5.13. The molecule has 8 nitrogen and oxygen atoms in total. The third kappa shape index (κ3) is 5.61. The lowest BCUT2D eigenvalue weighted by molar-refractivity contribution is 0.224. The highest BCUT2D eigenvalue weighted by atomic mass is 32.2. The van der Waals surface area contributed by atoms with Gasteiger partial charge in [0.05, 0.1) is 16.3 Å². The third-order valence-corrected chi connectivity index (χ3v) is 7.31. The molecule has 9 heteroatoms. The Balaban J connectivity index is 1.44. The molecule has 0 bridgehead atoms. The first-order valence-electron chi connectivity index (χ1n) is 11.2. The van der Waals surface area contributed by atoms with Crippen molar-refractivity contribution >= 4 is 21.7 Å². The molecule has 1 aliphatic heterocycles. The summed E-state index contributed by atoms with van der Waals surface area (Å²) in [5, 5.41) is 10.1. The second kappa shape index (κ2) is 10.2. The Morgan fingerprint density at radius 2 is 1.73 bits per heavy atom. The number of aromatic nitrogens is 2. The molecule has 1 aromatic heterocycles. The fourth-order valence-corrected chi connectivity index (χ4v) is 5.01. The molecule has 0 saturated carbocycles. The highest BCUT2D eigenvalue weighted by Gasteiger charge is 2.19. The molecule has 1 fully saturated rings. The summed E-state index contributed by atoms with van der Waals surface area (Å²) in [4.78, 5) is 15.0. The van der Waals surface area contributed by atoms with E-state index in [9.17, 15) is 13.2 Å². The predicted octanol–water partition coefficient (Wildman–Crippen LogP) is 3.70. The zero-order valence-corrected chi connectivity index (χ0v) is 19.5. The number of para-hydroxylation sites is 1. The maximum absolute atomic E-state index is 12.9. The smallest absolute Gasteiger partial charge is 0.319 e. The van der Waals surface area contributed by atoms with Crippen LogP contribution in [0.1, 0.15) is 24.8 Å². The Labute approximate surface area is 194 Å². The number of hydrogen-bond acceptors (Lipinski definition) is 5. The number of hydrogen-bond donors (Lipinski definition) is 2. The molecule has 2 aromatic carbocycles. The van der Waals surface area contributed by atoms with E-state index in [-0.39, 0.29) is 10.9 Å². The van der Waals surface area contributed by atoms with Crippen molar-refractivity contribution in [3.05, 3.63) is 66.4 Å². The lowest BCUT2D eigenvalue weighted by atomic mass is 10.1. The van der Waals surface area contributed by atoms with Crippen molar-refractivity contribution in [3.8, 4) is 11.3 Å². The fraction of sp³-hybridized carbons (Fsp3) is 0.333. The number of aryl methyl sites for hydroxylation is 1. The standard InChI is InChI=1S/C24H29N5O3S/c1-19-9-11-20(12-10-19)33(31,32)29-17-13-23(27-29)21-7-3-4-8-22(21)26-24(30)25-14-18-28-15-5-2-6-16-28/h3-4,7-13,17H,2,5-6,14-16,18H2,1H3,(H2,25,26,30). The monoisotopic (exact) mass is 467 g/mol. The van der Waals surface area contributed by atoms with E-state index in [0.29, 0.717) is 23.5 Å². The van der Waals surface area contributed by atoms with Crippen LogP contribution in [0.5, 0.6) is 0 Å². The molecule has 0 atom stereocenters. The van der Waals surface area contributed by atoms with E-state index >= 15 is 0 Å². The van der Waals surface area contributed by atoms with Gasteiger partial charge in [-0.1, -0.05) is 42.3 Å². The molecule has 0 aliphatic carbocycles. The molecule has 33 heavy (non-hydrogen) atoms. The van der Waals surface area contributed by atoms with Crippen LogP contribution in [0.4, 0.5) is 10.5 Å². The summed E-state index contributed by atoms with van der Waals surface area (Å²) in [6.45, 7) is 5.46. The molecular formula is C24H29N5O3S. The van der Waals surface area contributed by atoms with Gasteiger partial charge in [0, 0.05) is 24.8 Å². The van der Waals surface area contributed by atoms with Crippen LogP contribution in [0.3, 0.4) is 0 Å². The number of carbonyl (C=O) groups excluding carboxylic acids is 1. The van der Waals surface area contributed by atoms with Gasteiger partial charge in [0.2, 0.25) is 0 Å². The molecule has 0 spiro atoms. The van der Waals surface area contributed by atoms with Gasteiger partial charge in [-0.05, 0) is 57.1 Å². The van der Waals surface area contributed by atoms with Crippen LogP contribution in [0.2, 0.25) is 0 Å². The molecule has 4 rings (SSSR count). The Kier molecular flexibility index (Phi) is 7.10. The van der Waals surface area contributed by atoms with Gasteiger partial charge in [0.15, 0.2) is 0 Å². The van der Waals surface area contributed by atoms with Crippen LogP contribution in [0.15, 0.2) is 65.7 Å². The second-order valence-corrected chi connectivity index (χ2v) is 10.0. The van der Waals surface area contributed by atoms with Crippen LogP contribution < -0.4 is 10.6 Å². The van der Waals surface area contributed by atoms with Crippen molar-refractivity contribution in [2.24, 2.45) is 0 Å². The number of rotatable bonds is 7. The van der Waals surface area contributed by atoms with Crippen LogP contribution in [0, 0.1) is 6.92 Å². The molecular weight excluding hydrogens is 438 g/mol. The van der Waals surface area contributed by atoms with E-state index in [0.717, 1.165) is 29.3 Å². The van der Waals surface area contributed by atoms with E-state index in [2.05, 4.69) is 20.6 Å². The van der Waals surface area contributed by atoms with Crippen LogP contribution in [-0.4, -0.2) is 54.7 Å². The van der Waals surface area contributed by atoms with Crippen LogP contribution in [-0.2, 0) is 10.0 Å². The summed E-state index contributed by atoms with van der Waals surface area (Å²) in [5.74, 6) is 0. The Bertz CT molecular complexity index is 1200. The summed E-state index contributed by atoms with van der Waals surface area (Å²) in [5.41, 5.74) is 2.63. The van der Waals surface area contributed by atoms with E-state index in [1.54, 1.807) is 42.5 Å². The molecule has 2 N–H and O–H groups in total. The first kappa shape index (κ1) is 23.0. The predicted molar refractivity (Wildman–Crippen MR) is 129 cm³/mol. The van der Waals surface area contributed by atoms with Crippen molar-refractivity contribution in [1.82, 2.24) is 19.4 Å². The summed E-state index contributed by atoms with van der Waals surface area (Å²) in [6, 6.07) is 15.2. The Morgan fingerprint density at radius 1 is 1.00 bits per heavy atom. The van der Waals surface area contributed by atoms with Crippen LogP contribution in [0.25, 0.3) is 11.3 Å². The number of amides is 2. The van der Waals surface area contributed by atoms with Gasteiger partial charge >= 0.3 is 6.03 Å². The SMILES string of the molecule is Cc1ccc(S(=O)(=O)n2ccc(-c3ccccc3NC(=O)NCCN3CCCCC3)n2)cc1. The zero-order valence-electron chi connectivity index (χ0n) is 18.7. The third-order valence-electron chi connectivity index (χ3n) is 5.74. The van der Waals surface area contributed by atoms with Crippen LogP contribution >= 0.6 is 0 Å². The van der Waals surface area contributed by atoms with Crippen molar-refractivity contribution in [3.63, 3.8) is 0 Å². The molecule has 1 saturated heterocycles. The highest BCUT2D eigenvalue weighted by molar-refractivity contribution is 7.89. The molecule has 174 valence electrons. The van der Waals surface area contributed by atoms with Crippen molar-refractivity contribution < 1.29 is 13.2 Å². The molecule has 3 aromatic rings. The normalized spacial score (nSPS) is 14.7. The Hall–Kier alpha value is -3.17. The Morgan fingerprint density at radius 3 is 2.48 bits per heavy atom. The van der Waals surface area contributed by atoms with Crippen molar-refractivity contribution in [1.29, 1.82) is 0 Å². The van der Waals surface area contributed by atoms with Gasteiger partial charge in [-0.2, -0.15) is 17.6 Å². The first-order chi connectivity index (χ1) is 15.9. The van der Waals surface area contributed by atoms with Gasteiger partial charge < -0.3 is 15.5 Å². The minimum atomic E-state index is -3.80. The average molecular weight is 468 g/mol. The number of anilines is 1. The number of likely N-dealkylation sites (tertiary alicyclic amines) is 1. The van der Waals surface area contributed by atoms with Gasteiger partial charge in [-0.15, -0.1) is 0 Å². The van der Waals surface area contributed by atoms with Gasteiger partial charge in [-0.25, -0.2) is 4.79 Å². The van der Waals surface area contributed by atoms with Gasteiger partial charge in [0.1, 0.15) is 0 Å². The quantitative estimate of drug-likeness (QED) is 0.552. The number of nitrogens with zero attached hydrogens (tertiary/aromatic N) is 3. The molecule has 2 amide bonds. The number of carbonyl (C=O) groups is 1. The number of urea groups is 1. The minimum Gasteiger partial charge on any atom is -0.337 e. The van der Waals surface area contributed by atoms with E-state index < -0.39 is 10.0 Å². The van der Waals surface area contributed by atoms with Crippen molar-refractivity contribution in [2.45, 2.75) is 31.1 Å². The topological polar surface area (TPSA) is 96.3 Å². The lowest BCUT2D eigenvalue weighted by Gasteiger charge is -2.26. The summed E-state index contributed by atoms with van der Waals surface area (Å²) < 4.78 is 26.8. The molecule has 0 radical (unpaired) electrons. The average Bonchev–Trinajstić information content (AvgIpc) is 3.31. The van der Waals surface area contributed by atoms with Crippen molar-refractivity contribution in [2.75, 3.05) is 31.5 Å². The molecule has 1 aliphatic rings. The minimum absolute atomic E-state index is 0.169. The van der Waals surface area contributed by atoms with E-state index in [4.69, 9.17) is 0 Å². The van der Waals surface area contributed by atoms with E-state index in [1.165, 1.54) is 25.5 Å². The largest absolute Gasteiger partial charge is 0.337 e. The van der Waals surface area contributed by atoms with Gasteiger partial charge in [0.25, 0.3) is 10.0 Å². The highest BCUT2D eigenvalue weighted by Crippen LogP contribution is 2.27. The molecule has 0 unspecified atom stereocenters. The number of nitrogens with one attached hydrogen (secondary N) is 2. The summed E-state index contributed by atoms with van der Waals surface area (Å²) in [7, 11) is -3.80. The summed E-state index contributed by atoms with van der Waals surface area (Å²) >= 11 is 0. The zero-order chi connectivity index (χ0) is 23.3. The second-order valence-electron chi connectivity index (χ2n) is 8.22. The first-order valence-corrected chi connectivity index (χ1v) is 12.6. The lowest BCUT2D eigenvalue weighted by Crippen LogP contribution is -2.39. The maximum Gasteiger partial charge on any atom is 0.319 e. The number of piperidine rings is 1. The fourth-order valence-electron chi connectivity index (χ4n) is 3.90. The maximum atomic E-state index is 12.9. The van der Waals surface area contributed by atoms with Gasteiger partial charge in [-0.3, -0.25) is 0 Å².